The second kappa shape index (κ2) is 9.68. The molecule has 2 aromatic rings. The van der Waals surface area contributed by atoms with E-state index in [1.807, 2.05) is 38.1 Å². The lowest BCUT2D eigenvalue weighted by molar-refractivity contribution is 0.173. The van der Waals surface area contributed by atoms with E-state index in [2.05, 4.69) is 10.6 Å². The molecule has 26 heavy (non-hydrogen) atoms. The summed E-state index contributed by atoms with van der Waals surface area (Å²) in [6.07, 6.45) is -0.729. The Bertz CT molecular complexity index is 701. The molecule has 2 aromatic carbocycles. The van der Waals surface area contributed by atoms with Gasteiger partial charge < -0.3 is 25.2 Å². The van der Waals surface area contributed by atoms with E-state index in [4.69, 9.17) is 9.47 Å². The van der Waals surface area contributed by atoms with Gasteiger partial charge in [0.05, 0.1) is 19.3 Å². The van der Waals surface area contributed by atoms with E-state index in [1.54, 1.807) is 31.4 Å². The van der Waals surface area contributed by atoms with E-state index in [0.29, 0.717) is 17.9 Å². The Labute approximate surface area is 154 Å². The van der Waals surface area contributed by atoms with Gasteiger partial charge in [-0.25, -0.2) is 4.79 Å². The molecule has 0 aliphatic rings. The summed E-state index contributed by atoms with van der Waals surface area (Å²) in [7, 11) is 1.59. The number of carbonyl (C=O) groups excluding carboxylic acids is 1. The maximum atomic E-state index is 12.0. The molecule has 2 rings (SSSR count). The van der Waals surface area contributed by atoms with Crippen molar-refractivity contribution in [1.82, 2.24) is 10.6 Å². The third kappa shape index (κ3) is 5.97. The van der Waals surface area contributed by atoms with Crippen molar-refractivity contribution < 1.29 is 19.4 Å². The number of methoxy groups -OCH3 is 1. The highest BCUT2D eigenvalue weighted by Gasteiger charge is 2.11. The Hall–Kier alpha value is -2.73. The number of aliphatic hydroxyl groups is 1. The number of hydrogen-bond donors (Lipinski definition) is 3. The Morgan fingerprint density at radius 1 is 1.08 bits per heavy atom. The minimum absolute atomic E-state index is 0.0598. The van der Waals surface area contributed by atoms with Gasteiger partial charge in [0, 0.05) is 18.7 Å². The maximum Gasteiger partial charge on any atom is 0.315 e. The lowest BCUT2D eigenvalue weighted by Crippen LogP contribution is -2.37. The molecule has 0 aliphatic heterocycles. The molecule has 0 heterocycles. The van der Waals surface area contributed by atoms with Crippen molar-refractivity contribution in [3.05, 3.63) is 59.7 Å². The Morgan fingerprint density at radius 2 is 1.77 bits per heavy atom. The highest BCUT2D eigenvalue weighted by atomic mass is 16.5. The van der Waals surface area contributed by atoms with Crippen LogP contribution >= 0.6 is 0 Å². The van der Waals surface area contributed by atoms with Crippen molar-refractivity contribution in [1.29, 1.82) is 0 Å². The third-order valence-corrected chi connectivity index (χ3v) is 3.73. The summed E-state index contributed by atoms with van der Waals surface area (Å²) >= 11 is 0. The number of hydrogen-bond acceptors (Lipinski definition) is 4. The van der Waals surface area contributed by atoms with Crippen LogP contribution in [0.4, 0.5) is 4.79 Å². The van der Waals surface area contributed by atoms with Crippen LogP contribution in [0.25, 0.3) is 0 Å². The Morgan fingerprint density at radius 3 is 2.42 bits per heavy atom. The summed E-state index contributed by atoms with van der Waals surface area (Å²) in [5.41, 5.74) is 1.61. The van der Waals surface area contributed by atoms with Gasteiger partial charge in [-0.05, 0) is 37.6 Å². The van der Waals surface area contributed by atoms with E-state index < -0.39 is 6.10 Å². The normalized spacial score (nSPS) is 11.7. The fourth-order valence-electron chi connectivity index (χ4n) is 2.39. The molecule has 0 aromatic heterocycles. The summed E-state index contributed by atoms with van der Waals surface area (Å²) < 4.78 is 10.8. The van der Waals surface area contributed by atoms with Gasteiger partial charge in [-0.15, -0.1) is 0 Å². The second-order valence-corrected chi connectivity index (χ2v) is 6.13. The number of ether oxygens (including phenoxy) is 2. The Balaban J connectivity index is 1.81. The van der Waals surface area contributed by atoms with Crippen LogP contribution in [0.2, 0.25) is 0 Å². The van der Waals surface area contributed by atoms with E-state index in [0.717, 1.165) is 11.3 Å². The predicted octanol–water partition coefficient (Wildman–Crippen LogP) is 3.02. The van der Waals surface area contributed by atoms with Crippen molar-refractivity contribution in [3.63, 3.8) is 0 Å². The van der Waals surface area contributed by atoms with Gasteiger partial charge in [0.2, 0.25) is 0 Å². The average Bonchev–Trinajstić information content (AvgIpc) is 2.65. The molecule has 3 N–H and O–H groups in total. The first kappa shape index (κ1) is 19.6. The highest BCUT2D eigenvalue weighted by molar-refractivity contribution is 5.74. The second-order valence-electron chi connectivity index (χ2n) is 6.13. The van der Waals surface area contributed by atoms with Gasteiger partial charge >= 0.3 is 6.03 Å². The van der Waals surface area contributed by atoms with Crippen LogP contribution in [-0.4, -0.2) is 30.9 Å². The number of rotatable bonds is 8. The number of carbonyl (C=O) groups is 1. The molecule has 1 unspecified atom stereocenters. The van der Waals surface area contributed by atoms with Crippen LogP contribution in [0.5, 0.6) is 11.5 Å². The quantitative estimate of drug-likeness (QED) is 0.678. The van der Waals surface area contributed by atoms with Gasteiger partial charge in [-0.1, -0.05) is 30.3 Å². The fraction of sp³-hybridized carbons (Fsp3) is 0.350. The minimum Gasteiger partial charge on any atom is -0.497 e. The van der Waals surface area contributed by atoms with Crippen molar-refractivity contribution in [2.45, 2.75) is 32.6 Å². The lowest BCUT2D eigenvalue weighted by atomic mass is 10.1. The van der Waals surface area contributed by atoms with Crippen molar-refractivity contribution in [2.75, 3.05) is 13.7 Å². The lowest BCUT2D eigenvalue weighted by Gasteiger charge is -2.16. The molecule has 0 saturated carbocycles. The first-order valence-corrected chi connectivity index (χ1v) is 8.58. The zero-order valence-corrected chi connectivity index (χ0v) is 15.4. The number of urea groups is 1. The summed E-state index contributed by atoms with van der Waals surface area (Å²) in [6, 6.07) is 14.3. The number of amides is 2. The predicted molar refractivity (Wildman–Crippen MR) is 100 cm³/mol. The van der Waals surface area contributed by atoms with Crippen LogP contribution in [-0.2, 0) is 6.54 Å². The van der Waals surface area contributed by atoms with Gasteiger partial charge in [0.1, 0.15) is 11.5 Å². The molecule has 0 saturated heterocycles. The average molecular weight is 358 g/mol. The molecule has 0 spiro atoms. The van der Waals surface area contributed by atoms with Gasteiger partial charge in [0.15, 0.2) is 0 Å². The van der Waals surface area contributed by atoms with Crippen molar-refractivity contribution in [3.8, 4) is 11.5 Å². The summed E-state index contributed by atoms with van der Waals surface area (Å²) in [4.78, 5) is 12.0. The first-order valence-electron chi connectivity index (χ1n) is 8.58. The largest absolute Gasteiger partial charge is 0.497 e. The van der Waals surface area contributed by atoms with Gasteiger partial charge in [-0.2, -0.15) is 0 Å². The monoisotopic (exact) mass is 358 g/mol. The van der Waals surface area contributed by atoms with Gasteiger partial charge in [-0.3, -0.25) is 0 Å². The molecule has 140 valence electrons. The minimum atomic E-state index is -0.789. The van der Waals surface area contributed by atoms with E-state index in [1.165, 1.54) is 0 Å². The number of para-hydroxylation sites is 1. The standard InChI is InChI=1S/C20H26N2O4/c1-14(2)26-19-7-5-4-6-16(19)12-21-20(24)22-13-18(23)15-8-10-17(25-3)11-9-15/h4-11,14,18,23H,12-13H2,1-3H3,(H2,21,22,24). The molecular formula is C20H26N2O4. The fourth-order valence-corrected chi connectivity index (χ4v) is 2.39. The number of benzene rings is 2. The molecule has 0 aliphatic carbocycles. The summed E-state index contributed by atoms with van der Waals surface area (Å²) in [6.45, 7) is 4.37. The van der Waals surface area contributed by atoms with Crippen LogP contribution < -0.4 is 20.1 Å². The van der Waals surface area contributed by atoms with Crippen LogP contribution in [0.15, 0.2) is 48.5 Å². The zero-order chi connectivity index (χ0) is 18.9. The molecular weight excluding hydrogens is 332 g/mol. The molecule has 0 radical (unpaired) electrons. The molecule has 0 fully saturated rings. The van der Waals surface area contributed by atoms with Gasteiger partial charge in [0.25, 0.3) is 0 Å². The van der Waals surface area contributed by atoms with E-state index >= 15 is 0 Å². The third-order valence-electron chi connectivity index (χ3n) is 3.73. The number of nitrogens with one attached hydrogen (secondary N) is 2. The molecule has 0 bridgehead atoms. The topological polar surface area (TPSA) is 79.8 Å². The van der Waals surface area contributed by atoms with Crippen LogP contribution in [0, 0.1) is 0 Å². The van der Waals surface area contributed by atoms with E-state index in [9.17, 15) is 9.90 Å². The maximum absolute atomic E-state index is 12.0. The molecule has 1 atom stereocenters. The van der Waals surface area contributed by atoms with Crippen molar-refractivity contribution in [2.24, 2.45) is 0 Å². The van der Waals surface area contributed by atoms with Crippen LogP contribution in [0.1, 0.15) is 31.1 Å². The van der Waals surface area contributed by atoms with Crippen molar-refractivity contribution >= 4 is 6.03 Å². The van der Waals surface area contributed by atoms with E-state index in [-0.39, 0.29) is 18.7 Å². The smallest absolute Gasteiger partial charge is 0.315 e. The molecule has 6 nitrogen and oxygen atoms in total. The summed E-state index contributed by atoms with van der Waals surface area (Å²) in [5, 5.41) is 15.6. The summed E-state index contributed by atoms with van der Waals surface area (Å²) in [5.74, 6) is 1.47. The van der Waals surface area contributed by atoms with Crippen LogP contribution in [0.3, 0.4) is 0 Å². The number of aliphatic hydroxyl groups excluding tert-OH is 1. The molecule has 2 amide bonds. The zero-order valence-electron chi connectivity index (χ0n) is 15.4. The highest BCUT2D eigenvalue weighted by Crippen LogP contribution is 2.19. The molecule has 6 heteroatoms. The Kier molecular flexibility index (Phi) is 7.29. The first-order chi connectivity index (χ1) is 12.5. The SMILES string of the molecule is COc1ccc(C(O)CNC(=O)NCc2ccccc2OC(C)C)cc1.